The van der Waals surface area contributed by atoms with Crippen molar-refractivity contribution in [2.75, 3.05) is 29.9 Å². The Hall–Kier alpha value is -4.91. The van der Waals surface area contributed by atoms with Gasteiger partial charge in [-0.05, 0) is 78.6 Å². The van der Waals surface area contributed by atoms with Gasteiger partial charge < -0.3 is 25.2 Å². The SMILES string of the molecule is O=C(O)/C=C/c1ccc(NC(=O)C2(NC(=O)c3ccc4c(C5CCCCC5)c(-c5ccccc5)n(CC(=O)N5CCS(O)(O)CC5)c4c3)CCCC2)cc1. The van der Waals surface area contributed by atoms with Crippen LogP contribution in [0, 0.1) is 0 Å². The van der Waals surface area contributed by atoms with Crippen LogP contribution >= 0.6 is 10.6 Å². The zero-order valence-electron chi connectivity index (χ0n) is 30.3. The zero-order valence-corrected chi connectivity index (χ0v) is 31.2. The zero-order chi connectivity index (χ0) is 37.9. The average molecular weight is 753 g/mol. The van der Waals surface area contributed by atoms with Crippen LogP contribution < -0.4 is 10.6 Å². The van der Waals surface area contributed by atoms with Crippen LogP contribution in [0.1, 0.15) is 85.2 Å². The number of aromatic nitrogens is 1. The van der Waals surface area contributed by atoms with Crippen LogP contribution in [0.2, 0.25) is 0 Å². The predicted octanol–water partition coefficient (Wildman–Crippen LogP) is 7.73. The van der Waals surface area contributed by atoms with Crippen LogP contribution in [0.3, 0.4) is 0 Å². The number of carboxylic acid groups (broad SMARTS) is 1. The van der Waals surface area contributed by atoms with Gasteiger partial charge in [-0.2, -0.15) is 10.6 Å². The minimum atomic E-state index is -2.67. The van der Waals surface area contributed by atoms with E-state index in [0.29, 0.717) is 35.6 Å². The standard InChI is InChI=1S/C42H48N4O7S/c47-36(45-23-25-54(52,53)26-24-45)28-46-35-27-32(16-19-34(35)38(30-9-3-1-4-10-30)39(46)31-11-5-2-6-12-31)40(50)44-42(21-7-8-22-42)41(51)43-33-17-13-29(14-18-33)15-20-37(48)49/h2,5-6,11-20,27,30,52-53H,1,3-4,7-10,21-26,28H2,(H,43,51)(H,44,50)(H,48,49)/b20-15+. The topological polar surface area (TPSA) is 161 Å². The van der Waals surface area contributed by atoms with Gasteiger partial charge in [0.25, 0.3) is 5.91 Å². The number of aliphatic carboxylic acids is 1. The molecule has 0 radical (unpaired) electrons. The molecule has 3 amide bonds. The number of benzene rings is 3. The molecule has 1 aromatic heterocycles. The highest BCUT2D eigenvalue weighted by Gasteiger charge is 2.43. The lowest BCUT2D eigenvalue weighted by Crippen LogP contribution is -2.55. The van der Waals surface area contributed by atoms with Crippen LogP contribution in [0.15, 0.2) is 78.9 Å². The second-order valence-electron chi connectivity index (χ2n) is 14.9. The molecule has 3 aliphatic rings. The molecule has 11 nitrogen and oxygen atoms in total. The first-order chi connectivity index (χ1) is 26.0. The number of anilines is 1. The molecule has 0 bridgehead atoms. The van der Waals surface area contributed by atoms with E-state index in [9.17, 15) is 28.3 Å². The summed E-state index contributed by atoms with van der Waals surface area (Å²) >= 11 is 0. The minimum absolute atomic E-state index is 0.0366. The van der Waals surface area contributed by atoms with Gasteiger partial charge in [0.1, 0.15) is 12.1 Å². The summed E-state index contributed by atoms with van der Waals surface area (Å²) < 4.78 is 22.5. The van der Waals surface area contributed by atoms with Crippen molar-refractivity contribution in [3.05, 3.63) is 95.6 Å². The number of fused-ring (bicyclic) bond motifs is 1. The number of hydrogen-bond donors (Lipinski definition) is 5. The monoisotopic (exact) mass is 752 g/mol. The van der Waals surface area contributed by atoms with E-state index in [1.807, 2.05) is 41.0 Å². The summed E-state index contributed by atoms with van der Waals surface area (Å²) in [6.45, 7) is 0.593. The van der Waals surface area contributed by atoms with Gasteiger partial charge in [0.15, 0.2) is 0 Å². The van der Waals surface area contributed by atoms with Crippen molar-refractivity contribution in [3.8, 4) is 11.3 Å². The Morgan fingerprint density at radius 2 is 1.54 bits per heavy atom. The summed E-state index contributed by atoms with van der Waals surface area (Å²) in [7, 11) is -2.67. The first-order valence-corrected chi connectivity index (χ1v) is 20.8. The molecule has 1 saturated heterocycles. The van der Waals surface area contributed by atoms with E-state index < -0.39 is 22.1 Å². The molecule has 7 rings (SSSR count). The highest BCUT2D eigenvalue weighted by Crippen LogP contribution is 2.45. The van der Waals surface area contributed by atoms with Crippen molar-refractivity contribution in [2.45, 2.75) is 75.8 Å². The Kier molecular flexibility index (Phi) is 11.0. The van der Waals surface area contributed by atoms with Gasteiger partial charge in [-0.3, -0.25) is 23.5 Å². The van der Waals surface area contributed by atoms with Gasteiger partial charge in [-0.1, -0.05) is 80.6 Å². The molecule has 54 heavy (non-hydrogen) atoms. The van der Waals surface area contributed by atoms with Crippen molar-refractivity contribution >= 4 is 56.9 Å². The van der Waals surface area contributed by atoms with Crippen molar-refractivity contribution in [1.29, 1.82) is 0 Å². The van der Waals surface area contributed by atoms with Crippen LogP contribution in [0.25, 0.3) is 28.2 Å². The third-order valence-electron chi connectivity index (χ3n) is 11.3. The summed E-state index contributed by atoms with van der Waals surface area (Å²) in [5.41, 5.74) is 4.44. The summed E-state index contributed by atoms with van der Waals surface area (Å²) in [6, 6.07) is 22.6. The van der Waals surface area contributed by atoms with Crippen LogP contribution in [-0.2, 0) is 20.9 Å². The number of amides is 3. The molecule has 5 N–H and O–H groups in total. The fraction of sp³-hybridized carbons (Fsp3) is 0.381. The van der Waals surface area contributed by atoms with Gasteiger partial charge in [-0.15, -0.1) is 0 Å². The maximum absolute atomic E-state index is 14.2. The molecule has 284 valence electrons. The molecular weight excluding hydrogens is 705 g/mol. The smallest absolute Gasteiger partial charge is 0.328 e. The van der Waals surface area contributed by atoms with Crippen LogP contribution in [0.5, 0.6) is 0 Å². The maximum Gasteiger partial charge on any atom is 0.328 e. The molecule has 2 aliphatic carbocycles. The lowest BCUT2D eigenvalue weighted by Gasteiger charge is -2.41. The molecule has 4 aromatic rings. The lowest BCUT2D eigenvalue weighted by atomic mass is 9.81. The molecule has 2 heterocycles. The molecule has 12 heteroatoms. The highest BCUT2D eigenvalue weighted by atomic mass is 32.3. The van der Waals surface area contributed by atoms with Crippen molar-refractivity contribution < 1.29 is 33.4 Å². The average Bonchev–Trinajstić information content (AvgIpc) is 3.78. The molecule has 3 fully saturated rings. The van der Waals surface area contributed by atoms with E-state index in [4.69, 9.17) is 5.11 Å². The fourth-order valence-electron chi connectivity index (χ4n) is 8.38. The Bertz CT molecular complexity index is 2050. The molecule has 2 saturated carbocycles. The third-order valence-corrected chi connectivity index (χ3v) is 13.0. The Morgan fingerprint density at radius 3 is 2.20 bits per heavy atom. The molecule has 0 unspecified atom stereocenters. The van der Waals surface area contributed by atoms with E-state index in [1.165, 1.54) is 18.1 Å². The molecule has 0 atom stereocenters. The molecular formula is C42H48N4O7S. The Morgan fingerprint density at radius 1 is 0.852 bits per heavy atom. The second-order valence-corrected chi connectivity index (χ2v) is 17.3. The number of hydrogen-bond acceptors (Lipinski definition) is 6. The number of carbonyl (C=O) groups excluding carboxylic acids is 3. The first-order valence-electron chi connectivity index (χ1n) is 18.9. The number of carbonyl (C=O) groups is 4. The summed E-state index contributed by atoms with van der Waals surface area (Å²) in [4.78, 5) is 54.7. The van der Waals surface area contributed by atoms with E-state index in [1.54, 1.807) is 29.2 Å². The lowest BCUT2D eigenvalue weighted by molar-refractivity contribution is -0.132. The fourth-order valence-corrected chi connectivity index (χ4v) is 9.61. The van der Waals surface area contributed by atoms with Gasteiger partial charge in [-0.25, -0.2) is 4.79 Å². The Labute approximate surface area is 316 Å². The number of nitrogens with one attached hydrogen (secondary N) is 2. The summed E-state index contributed by atoms with van der Waals surface area (Å²) in [5.74, 6) is -1.21. The second kappa shape index (κ2) is 15.8. The number of carboxylic acids is 1. The van der Waals surface area contributed by atoms with Gasteiger partial charge >= 0.3 is 5.97 Å². The van der Waals surface area contributed by atoms with Crippen molar-refractivity contribution in [3.63, 3.8) is 0 Å². The molecule has 1 aliphatic heterocycles. The van der Waals surface area contributed by atoms with E-state index in [0.717, 1.165) is 66.8 Å². The van der Waals surface area contributed by atoms with E-state index >= 15 is 0 Å². The van der Waals surface area contributed by atoms with Crippen LogP contribution in [0.4, 0.5) is 5.69 Å². The molecule has 3 aromatic carbocycles. The van der Waals surface area contributed by atoms with Crippen LogP contribution in [-0.4, -0.2) is 77.5 Å². The van der Waals surface area contributed by atoms with Gasteiger partial charge in [0.05, 0.1) is 22.7 Å². The first kappa shape index (κ1) is 37.4. The molecule has 0 spiro atoms. The van der Waals surface area contributed by atoms with Crippen molar-refractivity contribution in [1.82, 2.24) is 14.8 Å². The number of rotatable bonds is 10. The van der Waals surface area contributed by atoms with Crippen molar-refractivity contribution in [2.24, 2.45) is 0 Å². The van der Waals surface area contributed by atoms with Gasteiger partial charge in [0, 0.05) is 35.8 Å². The summed E-state index contributed by atoms with van der Waals surface area (Å²) in [6.07, 6.45) is 10.6. The minimum Gasteiger partial charge on any atom is -0.478 e. The predicted molar refractivity (Wildman–Crippen MR) is 213 cm³/mol. The van der Waals surface area contributed by atoms with E-state index in [-0.39, 0.29) is 48.9 Å². The maximum atomic E-state index is 14.2. The number of nitrogens with zero attached hydrogens (tertiary/aromatic N) is 2. The van der Waals surface area contributed by atoms with E-state index in [2.05, 4.69) is 22.8 Å². The quantitative estimate of drug-likeness (QED) is 0.104. The third kappa shape index (κ3) is 8.11. The van der Waals surface area contributed by atoms with Gasteiger partial charge in [0.2, 0.25) is 11.8 Å². The highest BCUT2D eigenvalue weighted by molar-refractivity contribution is 8.24. The normalized spacial score (nSPS) is 19.1. The Balaban J connectivity index is 1.23. The summed E-state index contributed by atoms with van der Waals surface area (Å²) in [5, 5.41) is 16.0. The largest absolute Gasteiger partial charge is 0.478 e.